The van der Waals surface area contributed by atoms with Gasteiger partial charge in [-0.15, -0.1) is 0 Å². The number of nitrogens with two attached hydrogens (primary N) is 1. The summed E-state index contributed by atoms with van der Waals surface area (Å²) >= 11 is 0. The first-order valence-electron chi connectivity index (χ1n) is 2.59. The maximum Gasteiger partial charge on any atom is 0.236 e. The first-order valence-corrected chi connectivity index (χ1v) is 2.59. The van der Waals surface area contributed by atoms with E-state index in [1.165, 1.54) is 6.07 Å². The van der Waals surface area contributed by atoms with Gasteiger partial charge in [0.05, 0.1) is 5.69 Å². The fraction of sp³-hybridized carbons (Fsp3) is 0.167. The van der Waals surface area contributed by atoms with Crippen molar-refractivity contribution in [3.8, 4) is 0 Å². The Morgan fingerprint density at radius 1 is 1.56 bits per heavy atom. The molecule has 0 radical (unpaired) electrons. The van der Waals surface area contributed by atoms with Gasteiger partial charge in [-0.05, 0) is 19.1 Å². The van der Waals surface area contributed by atoms with Crippen molar-refractivity contribution in [3.05, 3.63) is 23.8 Å². The van der Waals surface area contributed by atoms with Crippen molar-refractivity contribution in [1.29, 1.82) is 0 Å². The number of anilines is 1. The average Bonchev–Trinajstić information content (AvgIpc) is 1.80. The molecule has 0 spiro atoms. The van der Waals surface area contributed by atoms with E-state index in [2.05, 4.69) is 4.98 Å². The number of pyridine rings is 1. The van der Waals surface area contributed by atoms with Gasteiger partial charge in [-0.25, -0.2) is 4.98 Å². The standard InChI is InChI=1S/C6H7FN2/c1-4-2-3-5(8)6(7)9-4/h2-3H,8H2,1H3. The van der Waals surface area contributed by atoms with E-state index in [-0.39, 0.29) is 5.69 Å². The zero-order chi connectivity index (χ0) is 6.85. The Balaban J connectivity index is 3.17. The van der Waals surface area contributed by atoms with E-state index in [1.54, 1.807) is 13.0 Å². The topological polar surface area (TPSA) is 38.9 Å². The molecule has 0 aromatic carbocycles. The number of aryl methyl sites for hydroxylation is 1. The number of aromatic nitrogens is 1. The predicted octanol–water partition coefficient (Wildman–Crippen LogP) is 1.11. The molecule has 9 heavy (non-hydrogen) atoms. The number of nitrogen functional groups attached to an aromatic ring is 1. The molecule has 0 bridgehead atoms. The maximum absolute atomic E-state index is 12.3. The molecule has 1 heterocycles. The van der Waals surface area contributed by atoms with Gasteiger partial charge in [-0.2, -0.15) is 4.39 Å². The Morgan fingerprint density at radius 2 is 2.22 bits per heavy atom. The monoisotopic (exact) mass is 126 g/mol. The van der Waals surface area contributed by atoms with Crippen LogP contribution in [0.15, 0.2) is 12.1 Å². The fourth-order valence-electron chi connectivity index (χ4n) is 0.536. The Kier molecular flexibility index (Phi) is 1.34. The molecule has 1 aromatic heterocycles. The van der Waals surface area contributed by atoms with Crippen molar-refractivity contribution in [1.82, 2.24) is 4.98 Å². The summed E-state index contributed by atoms with van der Waals surface area (Å²) in [5, 5.41) is 0. The van der Waals surface area contributed by atoms with Crippen molar-refractivity contribution in [2.75, 3.05) is 5.73 Å². The highest BCUT2D eigenvalue weighted by atomic mass is 19.1. The third-order valence-corrected chi connectivity index (χ3v) is 1.02. The molecule has 0 saturated carbocycles. The molecule has 0 unspecified atom stereocenters. The Hall–Kier alpha value is -1.12. The lowest BCUT2D eigenvalue weighted by Crippen LogP contribution is -1.94. The number of nitrogens with zero attached hydrogens (tertiary/aromatic N) is 1. The van der Waals surface area contributed by atoms with Crippen LogP contribution < -0.4 is 5.73 Å². The van der Waals surface area contributed by atoms with Gasteiger partial charge in [-0.3, -0.25) is 0 Å². The second kappa shape index (κ2) is 2.01. The van der Waals surface area contributed by atoms with Crippen molar-refractivity contribution in [3.63, 3.8) is 0 Å². The van der Waals surface area contributed by atoms with Crippen LogP contribution in [-0.2, 0) is 0 Å². The van der Waals surface area contributed by atoms with Gasteiger partial charge in [-0.1, -0.05) is 0 Å². The van der Waals surface area contributed by atoms with Gasteiger partial charge in [0.25, 0.3) is 0 Å². The van der Waals surface area contributed by atoms with Crippen molar-refractivity contribution >= 4 is 5.69 Å². The minimum absolute atomic E-state index is 0.0978. The van der Waals surface area contributed by atoms with E-state index in [4.69, 9.17) is 5.73 Å². The van der Waals surface area contributed by atoms with Gasteiger partial charge >= 0.3 is 0 Å². The van der Waals surface area contributed by atoms with Crippen LogP contribution in [0.3, 0.4) is 0 Å². The molecule has 3 heteroatoms. The second-order valence-corrected chi connectivity index (χ2v) is 1.83. The fourth-order valence-corrected chi connectivity index (χ4v) is 0.536. The first kappa shape index (κ1) is 6.01. The van der Waals surface area contributed by atoms with Crippen LogP contribution in [0.1, 0.15) is 5.69 Å². The summed E-state index contributed by atoms with van der Waals surface area (Å²) < 4.78 is 12.3. The van der Waals surface area contributed by atoms with Crippen LogP contribution in [0, 0.1) is 12.9 Å². The molecule has 1 aromatic rings. The number of rotatable bonds is 0. The predicted molar refractivity (Wildman–Crippen MR) is 33.3 cm³/mol. The molecule has 0 aliphatic heterocycles. The number of hydrogen-bond acceptors (Lipinski definition) is 2. The van der Waals surface area contributed by atoms with E-state index in [0.29, 0.717) is 5.69 Å². The summed E-state index contributed by atoms with van der Waals surface area (Å²) in [5.41, 5.74) is 5.89. The van der Waals surface area contributed by atoms with Gasteiger partial charge in [0.1, 0.15) is 0 Å². The summed E-state index contributed by atoms with van der Waals surface area (Å²) in [6, 6.07) is 3.16. The second-order valence-electron chi connectivity index (χ2n) is 1.83. The smallest absolute Gasteiger partial charge is 0.236 e. The lowest BCUT2D eigenvalue weighted by molar-refractivity contribution is 0.585. The van der Waals surface area contributed by atoms with Crippen LogP contribution in [0.5, 0.6) is 0 Å². The quantitative estimate of drug-likeness (QED) is 0.529. The van der Waals surface area contributed by atoms with Gasteiger partial charge in [0, 0.05) is 5.69 Å². The van der Waals surface area contributed by atoms with Crippen LogP contribution in [0.4, 0.5) is 10.1 Å². The third kappa shape index (κ3) is 1.16. The highest BCUT2D eigenvalue weighted by molar-refractivity contribution is 5.35. The minimum Gasteiger partial charge on any atom is -0.395 e. The van der Waals surface area contributed by atoms with Crippen molar-refractivity contribution in [2.24, 2.45) is 0 Å². The zero-order valence-corrected chi connectivity index (χ0v) is 5.06. The van der Waals surface area contributed by atoms with E-state index in [9.17, 15) is 4.39 Å². The highest BCUT2D eigenvalue weighted by Gasteiger charge is 1.95. The maximum atomic E-state index is 12.3. The van der Waals surface area contributed by atoms with E-state index < -0.39 is 5.95 Å². The van der Waals surface area contributed by atoms with Gasteiger partial charge in [0.2, 0.25) is 5.95 Å². The summed E-state index contributed by atoms with van der Waals surface area (Å²) in [6.45, 7) is 1.71. The largest absolute Gasteiger partial charge is 0.395 e. The molecular formula is C6H7FN2. The molecule has 0 aliphatic rings. The lowest BCUT2D eigenvalue weighted by Gasteiger charge is -1.93. The summed E-state index contributed by atoms with van der Waals surface area (Å²) in [5.74, 6) is -0.588. The lowest BCUT2D eigenvalue weighted by atomic mass is 10.3. The Morgan fingerprint density at radius 3 is 2.67 bits per heavy atom. The molecule has 0 aliphatic carbocycles. The summed E-state index contributed by atoms with van der Waals surface area (Å²) in [4.78, 5) is 3.48. The molecular weight excluding hydrogens is 119 g/mol. The molecule has 0 saturated heterocycles. The normalized spacial score (nSPS) is 9.56. The molecule has 2 nitrogen and oxygen atoms in total. The molecule has 0 amide bonds. The Labute approximate surface area is 52.5 Å². The first-order chi connectivity index (χ1) is 4.20. The number of halogens is 1. The van der Waals surface area contributed by atoms with E-state index >= 15 is 0 Å². The van der Waals surface area contributed by atoms with Crippen molar-refractivity contribution in [2.45, 2.75) is 6.92 Å². The summed E-state index contributed by atoms with van der Waals surface area (Å²) in [7, 11) is 0. The van der Waals surface area contributed by atoms with Crippen LogP contribution in [0.25, 0.3) is 0 Å². The van der Waals surface area contributed by atoms with Gasteiger partial charge < -0.3 is 5.73 Å². The molecule has 1 rings (SSSR count). The molecule has 0 fully saturated rings. The minimum atomic E-state index is -0.588. The number of hydrogen-bond donors (Lipinski definition) is 1. The van der Waals surface area contributed by atoms with Crippen molar-refractivity contribution < 1.29 is 4.39 Å². The molecule has 0 atom stereocenters. The SMILES string of the molecule is Cc1ccc(N)c(F)n1. The Bertz CT molecular complexity index is 222. The van der Waals surface area contributed by atoms with Crippen LogP contribution in [-0.4, -0.2) is 4.98 Å². The molecule has 2 N–H and O–H groups in total. The molecule has 48 valence electrons. The third-order valence-electron chi connectivity index (χ3n) is 1.02. The highest BCUT2D eigenvalue weighted by Crippen LogP contribution is 2.05. The van der Waals surface area contributed by atoms with E-state index in [1.807, 2.05) is 0 Å². The van der Waals surface area contributed by atoms with Gasteiger partial charge in [0.15, 0.2) is 0 Å². The van der Waals surface area contributed by atoms with Crippen LogP contribution >= 0.6 is 0 Å². The zero-order valence-electron chi connectivity index (χ0n) is 5.06. The van der Waals surface area contributed by atoms with Crippen LogP contribution in [0.2, 0.25) is 0 Å². The average molecular weight is 126 g/mol. The summed E-state index contributed by atoms with van der Waals surface area (Å²) in [6.07, 6.45) is 0. The van der Waals surface area contributed by atoms with E-state index in [0.717, 1.165) is 0 Å².